The zero-order chi connectivity index (χ0) is 13.8. The lowest BCUT2D eigenvalue weighted by Gasteiger charge is -2.32. The van der Waals surface area contributed by atoms with Gasteiger partial charge in [0.15, 0.2) is 18.0 Å². The molecule has 0 amide bonds. The van der Waals surface area contributed by atoms with Gasteiger partial charge in [-0.05, 0) is 6.42 Å². The van der Waals surface area contributed by atoms with Crippen molar-refractivity contribution < 1.29 is 22.0 Å². The Morgan fingerprint density at radius 1 is 1.67 bits per heavy atom. The van der Waals surface area contributed by atoms with Crippen molar-refractivity contribution in [1.82, 2.24) is 10.4 Å². The van der Waals surface area contributed by atoms with Gasteiger partial charge >= 0.3 is 10.4 Å². The molecule has 5 N–H and O–H groups in total. The molecule has 0 radical (unpaired) electrons. The summed E-state index contributed by atoms with van der Waals surface area (Å²) in [4.78, 5) is 0. The van der Waals surface area contributed by atoms with Gasteiger partial charge in [0, 0.05) is 6.08 Å². The first-order valence-corrected chi connectivity index (χ1v) is 6.61. The maximum Gasteiger partial charge on any atom is 0.418 e. The van der Waals surface area contributed by atoms with Crippen molar-refractivity contribution >= 4 is 16.2 Å². The zero-order valence-electron chi connectivity index (χ0n) is 9.79. The summed E-state index contributed by atoms with van der Waals surface area (Å²) in [6, 6.07) is 0. The largest absolute Gasteiger partial charge is 0.479 e. The van der Waals surface area contributed by atoms with Gasteiger partial charge in [-0.3, -0.25) is 15.7 Å². The fourth-order valence-electron chi connectivity index (χ4n) is 1.18. The van der Waals surface area contributed by atoms with Crippen LogP contribution in [0.2, 0.25) is 0 Å². The van der Waals surface area contributed by atoms with Crippen molar-refractivity contribution in [2.75, 3.05) is 6.61 Å². The molecule has 0 saturated heterocycles. The molecule has 18 heavy (non-hydrogen) atoms. The van der Waals surface area contributed by atoms with Crippen LogP contribution in [0, 0.1) is 5.41 Å². The minimum Gasteiger partial charge on any atom is -0.479 e. The molecular formula is C8H16N4O5S. The van der Waals surface area contributed by atoms with Crippen LogP contribution in [0.3, 0.4) is 0 Å². The summed E-state index contributed by atoms with van der Waals surface area (Å²) in [6.07, 6.45) is 1.84. The molecule has 0 aliphatic carbocycles. The van der Waals surface area contributed by atoms with E-state index in [0.717, 1.165) is 12.8 Å². The predicted molar refractivity (Wildman–Crippen MR) is 62.3 cm³/mol. The van der Waals surface area contributed by atoms with Crippen molar-refractivity contribution in [3.8, 4) is 0 Å². The lowest BCUT2D eigenvalue weighted by atomic mass is 10.3. The molecule has 9 nitrogen and oxygen atoms in total. The van der Waals surface area contributed by atoms with E-state index in [1.165, 1.54) is 6.08 Å². The van der Waals surface area contributed by atoms with Gasteiger partial charge in [-0.2, -0.15) is 13.5 Å². The number of rotatable bonds is 6. The highest BCUT2D eigenvalue weighted by molar-refractivity contribution is 7.80. The lowest BCUT2D eigenvalue weighted by molar-refractivity contribution is -0.0430. The van der Waals surface area contributed by atoms with Gasteiger partial charge in [0.1, 0.15) is 0 Å². The van der Waals surface area contributed by atoms with Gasteiger partial charge in [-0.25, -0.2) is 0 Å². The topological polar surface area (TPSA) is 138 Å². The summed E-state index contributed by atoms with van der Waals surface area (Å²) in [5.41, 5.74) is 5.52. The molecule has 0 aromatic rings. The molecule has 1 aliphatic rings. The van der Waals surface area contributed by atoms with E-state index < -0.39 is 16.7 Å². The van der Waals surface area contributed by atoms with E-state index in [-0.39, 0.29) is 11.7 Å². The van der Waals surface area contributed by atoms with Crippen LogP contribution < -0.4 is 11.1 Å². The van der Waals surface area contributed by atoms with E-state index in [1.54, 1.807) is 0 Å². The van der Waals surface area contributed by atoms with Crippen LogP contribution in [0.25, 0.3) is 0 Å². The smallest absolute Gasteiger partial charge is 0.418 e. The number of ether oxygens (including phenoxy) is 1. The number of nitrogens with one attached hydrogen (secondary N) is 2. The average molecular weight is 280 g/mol. The highest BCUT2D eigenvalue weighted by Crippen LogP contribution is 2.10. The summed E-state index contributed by atoms with van der Waals surface area (Å²) >= 11 is 0. The molecule has 0 saturated carbocycles. The van der Waals surface area contributed by atoms with Crippen LogP contribution in [-0.4, -0.2) is 36.8 Å². The fourth-order valence-corrected chi connectivity index (χ4v) is 1.56. The van der Waals surface area contributed by atoms with Crippen molar-refractivity contribution in [3.63, 3.8) is 0 Å². The van der Waals surface area contributed by atoms with Crippen LogP contribution >= 0.6 is 0 Å². The molecule has 0 fully saturated rings. The summed E-state index contributed by atoms with van der Waals surface area (Å²) in [7, 11) is -4.73. The maximum absolute atomic E-state index is 10.5. The Labute approximate surface area is 105 Å². The molecule has 10 heteroatoms. The quantitative estimate of drug-likeness (QED) is 0.377. The fraction of sp³-hybridized carbons (Fsp3) is 0.625. The molecule has 104 valence electrons. The molecule has 1 aliphatic heterocycles. The second kappa shape index (κ2) is 6.00. The van der Waals surface area contributed by atoms with Crippen molar-refractivity contribution in [2.45, 2.75) is 26.1 Å². The Kier molecular flexibility index (Phi) is 4.90. The summed E-state index contributed by atoms with van der Waals surface area (Å²) < 4.78 is 39.0. The lowest BCUT2D eigenvalue weighted by Crippen LogP contribution is -2.57. The molecule has 1 unspecified atom stereocenters. The molecule has 1 rings (SSSR count). The van der Waals surface area contributed by atoms with E-state index >= 15 is 0 Å². The average Bonchev–Trinajstić information content (AvgIpc) is 2.23. The van der Waals surface area contributed by atoms with E-state index in [4.69, 9.17) is 20.4 Å². The molecule has 0 bridgehead atoms. The van der Waals surface area contributed by atoms with Crippen LogP contribution in [0.15, 0.2) is 12.0 Å². The van der Waals surface area contributed by atoms with Crippen molar-refractivity contribution in [3.05, 3.63) is 12.0 Å². The molecule has 1 heterocycles. The highest BCUT2D eigenvalue weighted by atomic mass is 32.3. The molecule has 1 atom stereocenters. The number of nitrogens with two attached hydrogens (primary N) is 1. The SMILES string of the molecule is CCCCOC1=CC(=N)N(OS(=O)(=O)O)C(N)N1. The number of hydrogen-bond donors (Lipinski definition) is 4. The summed E-state index contributed by atoms with van der Waals surface area (Å²) in [5.74, 6) is -0.110. The first-order valence-electron chi connectivity index (χ1n) is 5.25. The van der Waals surface area contributed by atoms with Crippen molar-refractivity contribution in [2.24, 2.45) is 5.73 Å². The molecule has 0 spiro atoms. The summed E-state index contributed by atoms with van der Waals surface area (Å²) in [6.45, 7) is 2.45. The van der Waals surface area contributed by atoms with Crippen LogP contribution in [-0.2, 0) is 19.4 Å². The third-order valence-electron chi connectivity index (χ3n) is 1.98. The zero-order valence-corrected chi connectivity index (χ0v) is 10.6. The minimum atomic E-state index is -4.73. The van der Waals surface area contributed by atoms with Crippen LogP contribution in [0.1, 0.15) is 19.8 Å². The first-order chi connectivity index (χ1) is 8.33. The van der Waals surface area contributed by atoms with Gasteiger partial charge in [0.05, 0.1) is 6.61 Å². The number of nitrogens with zero attached hydrogens (tertiary/aromatic N) is 1. The monoisotopic (exact) mass is 280 g/mol. The van der Waals surface area contributed by atoms with E-state index in [0.29, 0.717) is 11.7 Å². The normalized spacial score (nSPS) is 20.4. The Morgan fingerprint density at radius 3 is 2.83 bits per heavy atom. The molecule has 0 aromatic heterocycles. The predicted octanol–water partition coefficient (Wildman–Crippen LogP) is -0.496. The second-order valence-electron chi connectivity index (χ2n) is 3.51. The van der Waals surface area contributed by atoms with Gasteiger partial charge < -0.3 is 10.1 Å². The third kappa shape index (κ3) is 4.49. The van der Waals surface area contributed by atoms with Gasteiger partial charge in [0.25, 0.3) is 0 Å². The maximum atomic E-state index is 10.5. The van der Waals surface area contributed by atoms with E-state index in [1.807, 2.05) is 6.92 Å². The Morgan fingerprint density at radius 2 is 2.33 bits per heavy atom. The van der Waals surface area contributed by atoms with Crippen LogP contribution in [0.4, 0.5) is 0 Å². The van der Waals surface area contributed by atoms with Crippen molar-refractivity contribution in [1.29, 1.82) is 5.41 Å². The number of hydrogen-bond acceptors (Lipinski definition) is 7. The van der Waals surface area contributed by atoms with E-state index in [2.05, 4.69) is 9.60 Å². The van der Waals surface area contributed by atoms with Gasteiger partial charge in [-0.15, -0.1) is 4.28 Å². The Bertz CT molecular complexity index is 435. The molecule has 0 aromatic carbocycles. The number of amidine groups is 1. The second-order valence-corrected chi connectivity index (χ2v) is 4.52. The number of hydroxylamine groups is 2. The minimum absolute atomic E-state index is 0.246. The standard InChI is InChI=1S/C8H16N4O5S/c1-2-3-4-16-7-5-6(9)12(8(10)11-7)17-18(13,14)15/h5,8-9,11H,2-4,10H2,1H3,(H,13,14,15). The summed E-state index contributed by atoms with van der Waals surface area (Å²) in [5, 5.41) is 10.6. The third-order valence-corrected chi connectivity index (χ3v) is 2.33. The molecular weight excluding hydrogens is 264 g/mol. The first kappa shape index (κ1) is 14.7. The number of unbranched alkanes of at least 4 members (excludes halogenated alkanes) is 1. The van der Waals surface area contributed by atoms with Crippen LogP contribution in [0.5, 0.6) is 0 Å². The Hall–Kier alpha value is -1.36. The van der Waals surface area contributed by atoms with E-state index in [9.17, 15) is 8.42 Å². The Balaban J connectivity index is 2.65. The van der Waals surface area contributed by atoms with Gasteiger partial charge in [-0.1, -0.05) is 13.3 Å². The highest BCUT2D eigenvalue weighted by Gasteiger charge is 2.28. The van der Waals surface area contributed by atoms with Gasteiger partial charge in [0.2, 0.25) is 0 Å².